The quantitative estimate of drug-likeness (QED) is 0.502. The minimum absolute atomic E-state index is 0.0829. The van der Waals surface area contributed by atoms with E-state index in [1.807, 2.05) is 17.7 Å². The maximum absolute atomic E-state index is 12.9. The Bertz CT molecular complexity index is 1250. The minimum atomic E-state index is -4.38. The molecule has 196 valence electrons. The molecular formula is C27H29F3N4O3. The largest absolute Gasteiger partial charge is 0.495 e. The molecule has 0 spiro atoms. The van der Waals surface area contributed by atoms with E-state index in [1.54, 1.807) is 36.5 Å². The van der Waals surface area contributed by atoms with Gasteiger partial charge < -0.3 is 19.5 Å². The van der Waals surface area contributed by atoms with Crippen molar-refractivity contribution in [2.75, 3.05) is 20.2 Å². The summed E-state index contributed by atoms with van der Waals surface area (Å²) in [6, 6.07) is 9.87. The van der Waals surface area contributed by atoms with Crippen LogP contribution < -0.4 is 10.1 Å². The van der Waals surface area contributed by atoms with Gasteiger partial charge in [0.1, 0.15) is 5.75 Å². The number of methoxy groups -OCH3 is 1. The molecule has 0 bridgehead atoms. The van der Waals surface area contributed by atoms with Crippen LogP contribution in [0.15, 0.2) is 55.0 Å². The zero-order chi connectivity index (χ0) is 26.6. The van der Waals surface area contributed by atoms with Crippen LogP contribution in [-0.4, -0.2) is 52.5 Å². The molecule has 3 aromatic rings. The average molecular weight is 515 g/mol. The normalized spacial score (nSPS) is 15.9. The number of carbonyl (C=O) groups excluding carboxylic acids is 2. The number of hydrogen-bond donors (Lipinski definition) is 1. The van der Waals surface area contributed by atoms with Crippen LogP contribution >= 0.6 is 0 Å². The van der Waals surface area contributed by atoms with Gasteiger partial charge in [0.2, 0.25) is 5.91 Å². The second-order valence-corrected chi connectivity index (χ2v) is 9.16. The molecule has 37 heavy (non-hydrogen) atoms. The molecular weight excluding hydrogens is 485 g/mol. The van der Waals surface area contributed by atoms with Crippen LogP contribution in [-0.2, 0) is 17.4 Å². The fraction of sp³-hybridized carbons (Fsp3) is 0.370. The van der Waals surface area contributed by atoms with Crippen LogP contribution in [0, 0.1) is 6.92 Å². The number of carbonyl (C=O) groups is 2. The number of amides is 2. The summed E-state index contributed by atoms with van der Waals surface area (Å²) in [6.45, 7) is 2.86. The van der Waals surface area contributed by atoms with Gasteiger partial charge in [-0.2, -0.15) is 13.2 Å². The number of rotatable bonds is 7. The van der Waals surface area contributed by atoms with Gasteiger partial charge in [-0.25, -0.2) is 4.98 Å². The lowest BCUT2D eigenvalue weighted by atomic mass is 10.0. The number of nitrogens with zero attached hydrogens (tertiary/aromatic N) is 3. The highest BCUT2D eigenvalue weighted by Gasteiger charge is 2.30. The molecule has 10 heteroatoms. The monoisotopic (exact) mass is 514 g/mol. The molecule has 7 nitrogen and oxygen atoms in total. The van der Waals surface area contributed by atoms with E-state index < -0.39 is 11.7 Å². The molecule has 1 aromatic heterocycles. The van der Waals surface area contributed by atoms with Gasteiger partial charge in [0, 0.05) is 37.3 Å². The number of ether oxygens (including phenoxy) is 1. The van der Waals surface area contributed by atoms with Gasteiger partial charge in [-0.3, -0.25) is 9.59 Å². The van der Waals surface area contributed by atoms with Gasteiger partial charge >= 0.3 is 6.18 Å². The van der Waals surface area contributed by atoms with E-state index in [0.29, 0.717) is 36.4 Å². The van der Waals surface area contributed by atoms with Crippen LogP contribution in [0.25, 0.3) is 5.69 Å². The van der Waals surface area contributed by atoms with Gasteiger partial charge in [0.15, 0.2) is 0 Å². The number of aryl methyl sites for hydroxylation is 2. The van der Waals surface area contributed by atoms with Crippen molar-refractivity contribution < 1.29 is 27.5 Å². The van der Waals surface area contributed by atoms with Crippen LogP contribution in [0.5, 0.6) is 5.75 Å². The summed E-state index contributed by atoms with van der Waals surface area (Å²) in [6.07, 6.45) is 1.21. The zero-order valence-corrected chi connectivity index (χ0v) is 20.7. The first-order chi connectivity index (χ1) is 17.6. The van der Waals surface area contributed by atoms with Gasteiger partial charge in [-0.15, -0.1) is 0 Å². The lowest BCUT2D eigenvalue weighted by Crippen LogP contribution is -2.49. The highest BCUT2D eigenvalue weighted by molar-refractivity contribution is 5.95. The smallest absolute Gasteiger partial charge is 0.416 e. The fourth-order valence-electron chi connectivity index (χ4n) is 4.45. The van der Waals surface area contributed by atoms with Crippen molar-refractivity contribution in [2.24, 2.45) is 0 Å². The predicted molar refractivity (Wildman–Crippen MR) is 132 cm³/mol. The third-order valence-corrected chi connectivity index (χ3v) is 6.45. The number of piperidine rings is 1. The van der Waals surface area contributed by atoms with Crippen LogP contribution in [0.2, 0.25) is 0 Å². The molecule has 0 saturated carbocycles. The minimum Gasteiger partial charge on any atom is -0.495 e. The van der Waals surface area contributed by atoms with Crippen molar-refractivity contribution in [3.05, 3.63) is 77.4 Å². The molecule has 0 radical (unpaired) electrons. The van der Waals surface area contributed by atoms with Gasteiger partial charge in [-0.05, 0) is 62.1 Å². The van der Waals surface area contributed by atoms with E-state index in [9.17, 15) is 22.8 Å². The van der Waals surface area contributed by atoms with Gasteiger partial charge in [-0.1, -0.05) is 12.1 Å². The highest BCUT2D eigenvalue weighted by Crippen LogP contribution is 2.29. The second kappa shape index (κ2) is 11.1. The molecule has 1 N–H and O–H groups in total. The number of nitrogens with one attached hydrogen (secondary N) is 1. The number of likely N-dealkylation sites (tertiary alicyclic amines) is 1. The molecule has 1 atom stereocenters. The predicted octanol–water partition coefficient (Wildman–Crippen LogP) is 4.56. The summed E-state index contributed by atoms with van der Waals surface area (Å²) in [4.78, 5) is 31.6. The molecule has 1 aliphatic heterocycles. The van der Waals surface area contributed by atoms with Crippen molar-refractivity contribution in [3.8, 4) is 11.4 Å². The Morgan fingerprint density at radius 1 is 1.16 bits per heavy atom. The van der Waals surface area contributed by atoms with Crippen LogP contribution in [0.4, 0.5) is 13.2 Å². The van der Waals surface area contributed by atoms with E-state index in [1.165, 1.54) is 12.1 Å². The molecule has 0 aliphatic carbocycles. The maximum Gasteiger partial charge on any atom is 0.416 e. The Balaban J connectivity index is 1.33. The van der Waals surface area contributed by atoms with Crippen LogP contribution in [0.1, 0.15) is 46.4 Å². The third-order valence-electron chi connectivity index (χ3n) is 6.45. The number of benzene rings is 2. The van der Waals surface area contributed by atoms with E-state index in [2.05, 4.69) is 10.3 Å². The summed E-state index contributed by atoms with van der Waals surface area (Å²) in [5, 5.41) is 3.01. The number of halogens is 3. The number of alkyl halides is 3. The topological polar surface area (TPSA) is 76.5 Å². The van der Waals surface area contributed by atoms with Gasteiger partial charge in [0.25, 0.3) is 5.91 Å². The van der Waals surface area contributed by atoms with Crippen molar-refractivity contribution in [1.29, 1.82) is 0 Å². The number of aromatic nitrogens is 2. The molecule has 1 saturated heterocycles. The first-order valence-corrected chi connectivity index (χ1v) is 12.1. The van der Waals surface area contributed by atoms with Crippen molar-refractivity contribution >= 4 is 11.8 Å². The summed E-state index contributed by atoms with van der Waals surface area (Å²) in [5.74, 6) is 0.199. The summed E-state index contributed by atoms with van der Waals surface area (Å²) in [7, 11) is 1.54. The lowest BCUT2D eigenvalue weighted by molar-refractivity contribution is -0.137. The van der Waals surface area contributed by atoms with E-state index in [4.69, 9.17) is 4.74 Å². The molecule has 1 fully saturated rings. The Morgan fingerprint density at radius 3 is 2.57 bits per heavy atom. The SMILES string of the molecule is COc1cc(C(=O)NC2CCCN(C(=O)CCc3ccc(C(F)(F)F)cc3)C2)ccc1-n1cnc(C)c1. The van der Waals surface area contributed by atoms with E-state index >= 15 is 0 Å². The lowest BCUT2D eigenvalue weighted by Gasteiger charge is -2.33. The first kappa shape index (κ1) is 26.2. The highest BCUT2D eigenvalue weighted by atomic mass is 19.4. The maximum atomic E-state index is 12.9. The number of imidazole rings is 1. The van der Waals surface area contributed by atoms with Gasteiger partial charge in [0.05, 0.1) is 30.4 Å². The van der Waals surface area contributed by atoms with E-state index in [0.717, 1.165) is 36.4 Å². The fourth-order valence-corrected chi connectivity index (χ4v) is 4.45. The standard InChI is InChI=1S/C27H29F3N4O3/c1-18-15-34(17-31-18)23-11-8-20(14-24(23)37-2)26(36)32-22-4-3-13-33(16-22)25(35)12-7-19-5-9-21(10-6-19)27(28,29)30/h5-6,8-11,14-15,17,22H,3-4,7,12-13,16H2,1-2H3,(H,32,36). The molecule has 1 unspecified atom stereocenters. The van der Waals surface area contributed by atoms with Crippen molar-refractivity contribution in [2.45, 2.75) is 44.8 Å². The van der Waals surface area contributed by atoms with E-state index in [-0.39, 0.29) is 24.3 Å². The number of hydrogen-bond acceptors (Lipinski definition) is 4. The third kappa shape index (κ3) is 6.49. The zero-order valence-electron chi connectivity index (χ0n) is 20.7. The second-order valence-electron chi connectivity index (χ2n) is 9.16. The Labute approximate surface area is 213 Å². The Kier molecular flexibility index (Phi) is 7.85. The summed E-state index contributed by atoms with van der Waals surface area (Å²) >= 11 is 0. The summed E-state index contributed by atoms with van der Waals surface area (Å²) in [5.41, 5.74) is 2.04. The molecule has 4 rings (SSSR count). The van der Waals surface area contributed by atoms with Crippen molar-refractivity contribution in [3.63, 3.8) is 0 Å². The molecule has 2 amide bonds. The summed E-state index contributed by atoms with van der Waals surface area (Å²) < 4.78 is 45.5. The average Bonchev–Trinajstić information content (AvgIpc) is 3.32. The molecule has 2 aromatic carbocycles. The van der Waals surface area contributed by atoms with Crippen LogP contribution in [0.3, 0.4) is 0 Å². The van der Waals surface area contributed by atoms with Crippen molar-refractivity contribution in [1.82, 2.24) is 19.8 Å². The Morgan fingerprint density at radius 2 is 1.92 bits per heavy atom. The molecule has 1 aliphatic rings. The first-order valence-electron chi connectivity index (χ1n) is 12.1. The molecule has 2 heterocycles. The Hall–Kier alpha value is -3.82.